The van der Waals surface area contributed by atoms with E-state index in [9.17, 15) is 0 Å². The molecule has 2 heteroatoms. The average molecular weight is 917 g/mol. The van der Waals surface area contributed by atoms with Gasteiger partial charge in [0, 0.05) is 93.3 Å². The Labute approximate surface area is 421 Å². The van der Waals surface area contributed by atoms with Crippen LogP contribution in [-0.4, -0.2) is 9.13 Å². The van der Waals surface area contributed by atoms with Crippen LogP contribution in [0.25, 0.3) is 88.1 Å². The summed E-state index contributed by atoms with van der Waals surface area (Å²) in [5.41, 5.74) is 20.1. The zero-order chi connectivity index (χ0) is 48.6. The molecular formula is C70H48N2. The number of nitrogens with zero attached hydrogens (tertiary/aromatic N) is 2. The molecule has 2 aromatic heterocycles. The van der Waals surface area contributed by atoms with Crippen LogP contribution in [0.4, 0.5) is 0 Å². The van der Waals surface area contributed by atoms with Crippen LogP contribution in [0.5, 0.6) is 0 Å². The standard InChI is InChI=1S/C70H48N2/c1-5-39-69(40-6-2)57-31-19-15-27-51(57)53-37-35-49(43-59(53)69)63-65-55-29-17-21-33-61(55)72(46-48-25-13-10-14-26-48)68(65)64(66-56-30-18-22-34-62(56)71(67(63)66)45-47-23-11-9-12-24-47)50-36-38-54-52-28-16-20-32-58(52)70(41-7-3,42-8-4)60(54)44-50/h1-4,9-38,43-44H,39-42,45-46H2. The third kappa shape index (κ3) is 6.10. The Bertz CT molecular complexity index is 3900. The van der Waals surface area contributed by atoms with E-state index in [0.29, 0.717) is 38.8 Å². The second-order valence-electron chi connectivity index (χ2n) is 19.7. The molecular weight excluding hydrogens is 869 g/mol. The fraction of sp³-hybridized carbons (Fsp3) is 0.114. The Morgan fingerprint density at radius 1 is 0.347 bits per heavy atom. The van der Waals surface area contributed by atoms with Crippen LogP contribution in [-0.2, 0) is 23.9 Å². The van der Waals surface area contributed by atoms with Gasteiger partial charge in [0.1, 0.15) is 0 Å². The first-order valence-corrected chi connectivity index (χ1v) is 24.8. The predicted molar refractivity (Wildman–Crippen MR) is 301 cm³/mol. The van der Waals surface area contributed by atoms with Crippen molar-refractivity contribution in [3.05, 3.63) is 228 Å². The van der Waals surface area contributed by atoms with Gasteiger partial charge < -0.3 is 9.13 Å². The molecule has 0 fully saturated rings. The predicted octanol–water partition coefficient (Wildman–Crippen LogP) is 16.0. The molecule has 2 heterocycles. The first-order chi connectivity index (χ1) is 35.5. The van der Waals surface area contributed by atoms with Crippen molar-refractivity contribution in [3.8, 4) is 93.9 Å². The van der Waals surface area contributed by atoms with Gasteiger partial charge >= 0.3 is 0 Å². The van der Waals surface area contributed by atoms with E-state index >= 15 is 0 Å². The van der Waals surface area contributed by atoms with Gasteiger partial charge in [-0.3, -0.25) is 0 Å². The number of benzene rings is 9. The smallest absolute Gasteiger partial charge is 0.0588 e. The summed E-state index contributed by atoms with van der Waals surface area (Å²) in [7, 11) is 0. The minimum atomic E-state index is -0.549. The zero-order valence-electron chi connectivity index (χ0n) is 39.9. The Hall–Kier alpha value is -9.18. The first kappa shape index (κ1) is 42.9. The van der Waals surface area contributed by atoms with E-state index in [2.05, 4.69) is 227 Å². The van der Waals surface area contributed by atoms with Gasteiger partial charge in [-0.1, -0.05) is 170 Å². The van der Waals surface area contributed by atoms with Crippen molar-refractivity contribution in [1.82, 2.24) is 9.13 Å². The Balaban J connectivity index is 1.24. The van der Waals surface area contributed by atoms with Crippen LogP contribution in [0.1, 0.15) is 59.1 Å². The summed E-state index contributed by atoms with van der Waals surface area (Å²) in [6.07, 6.45) is 27.3. The van der Waals surface area contributed by atoms with E-state index < -0.39 is 10.8 Å². The molecule has 11 aromatic rings. The van der Waals surface area contributed by atoms with Gasteiger partial charge in [-0.05, 0) is 91.0 Å². The second-order valence-corrected chi connectivity index (χ2v) is 19.7. The lowest BCUT2D eigenvalue weighted by atomic mass is 9.72. The minimum absolute atomic E-state index is 0.488. The maximum atomic E-state index is 6.34. The van der Waals surface area contributed by atoms with E-state index in [0.717, 1.165) is 22.2 Å². The normalized spacial score (nSPS) is 13.5. The molecule has 0 N–H and O–H groups in total. The number of aromatic nitrogens is 2. The summed E-state index contributed by atoms with van der Waals surface area (Å²) in [4.78, 5) is 0. The molecule has 0 radical (unpaired) electrons. The Morgan fingerprint density at radius 3 is 1.10 bits per heavy atom. The van der Waals surface area contributed by atoms with Crippen LogP contribution in [0.2, 0.25) is 0 Å². The molecule has 0 spiro atoms. The van der Waals surface area contributed by atoms with Crippen molar-refractivity contribution in [1.29, 1.82) is 0 Å². The third-order valence-electron chi connectivity index (χ3n) is 16.0. The van der Waals surface area contributed by atoms with E-state index in [-0.39, 0.29) is 0 Å². The van der Waals surface area contributed by atoms with Gasteiger partial charge in [-0.2, -0.15) is 0 Å². The van der Waals surface area contributed by atoms with E-state index in [4.69, 9.17) is 25.7 Å². The highest BCUT2D eigenvalue weighted by Gasteiger charge is 2.44. The quantitative estimate of drug-likeness (QED) is 0.121. The molecule has 13 rings (SSSR count). The van der Waals surface area contributed by atoms with Gasteiger partial charge in [0.15, 0.2) is 0 Å². The summed E-state index contributed by atoms with van der Waals surface area (Å²) < 4.78 is 5.15. The fourth-order valence-electron chi connectivity index (χ4n) is 13.1. The van der Waals surface area contributed by atoms with Gasteiger partial charge in [0.25, 0.3) is 0 Å². The topological polar surface area (TPSA) is 9.86 Å². The molecule has 338 valence electrons. The highest BCUT2D eigenvalue weighted by Crippen LogP contribution is 2.58. The van der Waals surface area contributed by atoms with Crippen molar-refractivity contribution >= 4 is 43.6 Å². The molecule has 72 heavy (non-hydrogen) atoms. The summed E-state index contributed by atoms with van der Waals surface area (Å²) in [6, 6.07) is 71.2. The third-order valence-corrected chi connectivity index (χ3v) is 16.0. The van der Waals surface area contributed by atoms with E-state index in [1.807, 2.05) is 0 Å². The highest BCUT2D eigenvalue weighted by molar-refractivity contribution is 6.32. The molecule has 9 aromatic carbocycles. The largest absolute Gasteiger partial charge is 0.335 e. The fourth-order valence-corrected chi connectivity index (χ4v) is 13.1. The summed E-state index contributed by atoms with van der Waals surface area (Å²) in [5.74, 6) is 12.3. The summed E-state index contributed by atoms with van der Waals surface area (Å²) in [6.45, 7) is 1.32. The Morgan fingerprint density at radius 2 is 0.694 bits per heavy atom. The average Bonchev–Trinajstić information content (AvgIpc) is 4.09. The van der Waals surface area contributed by atoms with Gasteiger partial charge in [0.2, 0.25) is 0 Å². The van der Waals surface area contributed by atoms with Gasteiger partial charge in [-0.15, -0.1) is 49.4 Å². The van der Waals surface area contributed by atoms with Crippen molar-refractivity contribution in [3.63, 3.8) is 0 Å². The lowest BCUT2D eigenvalue weighted by molar-refractivity contribution is 0.560. The van der Waals surface area contributed by atoms with Crippen molar-refractivity contribution in [2.24, 2.45) is 0 Å². The lowest BCUT2D eigenvalue weighted by Crippen LogP contribution is -2.24. The van der Waals surface area contributed by atoms with Crippen LogP contribution in [0.3, 0.4) is 0 Å². The zero-order valence-corrected chi connectivity index (χ0v) is 39.9. The van der Waals surface area contributed by atoms with Gasteiger partial charge in [-0.25, -0.2) is 0 Å². The number of terminal acetylenes is 4. The number of hydrogen-bond acceptors (Lipinski definition) is 0. The Kier molecular flexibility index (Phi) is 9.98. The molecule has 0 saturated heterocycles. The first-order valence-electron chi connectivity index (χ1n) is 24.8. The van der Waals surface area contributed by atoms with Crippen LogP contribution in [0, 0.1) is 49.4 Å². The maximum absolute atomic E-state index is 6.34. The van der Waals surface area contributed by atoms with Crippen LogP contribution in [0.15, 0.2) is 194 Å². The summed E-state index contributed by atoms with van der Waals surface area (Å²) in [5, 5.41) is 4.75. The lowest BCUT2D eigenvalue weighted by Gasteiger charge is -2.29. The number of hydrogen-bond donors (Lipinski definition) is 0. The van der Waals surface area contributed by atoms with Crippen molar-refractivity contribution < 1.29 is 0 Å². The molecule has 0 saturated carbocycles. The molecule has 0 aliphatic heterocycles. The second kappa shape index (κ2) is 16.8. The maximum Gasteiger partial charge on any atom is 0.0588 e. The highest BCUT2D eigenvalue weighted by atomic mass is 15.0. The van der Waals surface area contributed by atoms with Crippen LogP contribution >= 0.6 is 0 Å². The van der Waals surface area contributed by atoms with E-state index in [1.165, 1.54) is 99.3 Å². The molecule has 0 atom stereocenters. The molecule has 0 unspecified atom stereocenters. The molecule has 2 nitrogen and oxygen atoms in total. The summed E-state index contributed by atoms with van der Waals surface area (Å²) >= 11 is 0. The van der Waals surface area contributed by atoms with Gasteiger partial charge in [0.05, 0.1) is 11.0 Å². The van der Waals surface area contributed by atoms with Crippen molar-refractivity contribution in [2.75, 3.05) is 0 Å². The number of fused-ring (bicyclic) bond motifs is 12. The molecule has 2 aliphatic rings. The van der Waals surface area contributed by atoms with E-state index in [1.54, 1.807) is 0 Å². The molecule has 2 aliphatic carbocycles. The molecule has 0 bridgehead atoms. The SMILES string of the molecule is C#CCC1(CC#C)c2ccccc2-c2ccc(-c3c4c5ccccc5n(Cc5ccccc5)c4c(-c4ccc5c(c4)C(CC#C)(CC#C)c4ccccc4-5)c4c5ccccc5n(Cc5ccccc5)c34)cc21. The molecule has 0 amide bonds. The van der Waals surface area contributed by atoms with Crippen molar-refractivity contribution in [2.45, 2.75) is 49.6 Å². The number of rotatable bonds is 10. The van der Waals surface area contributed by atoms with Crippen LogP contribution < -0.4 is 0 Å². The number of para-hydroxylation sites is 2. The minimum Gasteiger partial charge on any atom is -0.335 e. The monoisotopic (exact) mass is 916 g/mol.